The third kappa shape index (κ3) is 2.47. The molecule has 0 amide bonds. The highest BCUT2D eigenvalue weighted by atomic mass is 16.3. The van der Waals surface area contributed by atoms with E-state index in [-0.39, 0.29) is 0 Å². The van der Waals surface area contributed by atoms with Crippen LogP contribution >= 0.6 is 0 Å². The Morgan fingerprint density at radius 3 is 2.22 bits per heavy atom. The molecule has 3 nitrogen and oxygen atoms in total. The molecule has 0 unspecified atom stereocenters. The van der Waals surface area contributed by atoms with Crippen molar-refractivity contribution < 1.29 is 4.42 Å². The molecule has 3 aromatic carbocycles. The van der Waals surface area contributed by atoms with Crippen LogP contribution in [0, 0.1) is 11.3 Å². The summed E-state index contributed by atoms with van der Waals surface area (Å²) in [5, 5.41) is 11.3. The van der Waals surface area contributed by atoms with E-state index in [1.165, 1.54) is 0 Å². The summed E-state index contributed by atoms with van der Waals surface area (Å²) in [5.41, 5.74) is 5.91. The molecule has 126 valence electrons. The van der Waals surface area contributed by atoms with Gasteiger partial charge in [0.15, 0.2) is 5.58 Å². The summed E-state index contributed by atoms with van der Waals surface area (Å²) in [6.45, 7) is 0. The van der Waals surface area contributed by atoms with Crippen LogP contribution in [0.25, 0.3) is 44.3 Å². The second-order valence-electron chi connectivity index (χ2n) is 6.38. The van der Waals surface area contributed by atoms with Gasteiger partial charge >= 0.3 is 0 Å². The van der Waals surface area contributed by atoms with Crippen LogP contribution in [0.1, 0.15) is 5.56 Å². The number of aromatic nitrogens is 1. The van der Waals surface area contributed by atoms with Gasteiger partial charge in [0.1, 0.15) is 11.7 Å². The van der Waals surface area contributed by atoms with Crippen molar-refractivity contribution in [2.24, 2.45) is 0 Å². The number of fused-ring (bicyclic) bond motifs is 3. The molecular formula is C24H14N2O. The monoisotopic (exact) mass is 346 g/mol. The first-order chi connectivity index (χ1) is 13.3. The molecule has 0 spiro atoms. The van der Waals surface area contributed by atoms with E-state index in [4.69, 9.17) is 4.42 Å². The van der Waals surface area contributed by atoms with E-state index >= 15 is 0 Å². The Balaban J connectivity index is 1.68. The third-order valence-electron chi connectivity index (χ3n) is 4.79. The number of pyridine rings is 1. The zero-order valence-corrected chi connectivity index (χ0v) is 14.4. The Morgan fingerprint density at radius 2 is 1.48 bits per heavy atom. The number of rotatable bonds is 2. The quantitative estimate of drug-likeness (QED) is 0.383. The van der Waals surface area contributed by atoms with Crippen LogP contribution in [0.5, 0.6) is 0 Å². The lowest BCUT2D eigenvalue weighted by Crippen LogP contribution is -1.85. The van der Waals surface area contributed by atoms with Crippen LogP contribution in [0.3, 0.4) is 0 Å². The van der Waals surface area contributed by atoms with Gasteiger partial charge in [0, 0.05) is 28.1 Å². The number of nitriles is 1. The molecule has 0 aliphatic carbocycles. The van der Waals surface area contributed by atoms with Gasteiger partial charge in [0.2, 0.25) is 0 Å². The number of para-hydroxylation sites is 2. The Labute approximate surface area is 156 Å². The molecule has 0 aliphatic heterocycles. The maximum absolute atomic E-state index is 9.36. The second-order valence-corrected chi connectivity index (χ2v) is 6.38. The molecule has 5 aromatic rings. The molecule has 0 saturated carbocycles. The van der Waals surface area contributed by atoms with Crippen molar-refractivity contribution in [1.82, 2.24) is 4.98 Å². The van der Waals surface area contributed by atoms with Gasteiger partial charge in [0.25, 0.3) is 0 Å². The number of nitrogens with zero attached hydrogens (tertiary/aromatic N) is 2. The topological polar surface area (TPSA) is 49.8 Å². The summed E-state index contributed by atoms with van der Waals surface area (Å²) < 4.78 is 6.11. The van der Waals surface area contributed by atoms with E-state index in [0.717, 1.165) is 38.7 Å². The van der Waals surface area contributed by atoms with E-state index in [2.05, 4.69) is 29.3 Å². The fourth-order valence-electron chi connectivity index (χ4n) is 3.46. The molecule has 3 heteroatoms. The lowest BCUT2D eigenvalue weighted by Gasteiger charge is -2.04. The van der Waals surface area contributed by atoms with Crippen LogP contribution in [0.4, 0.5) is 0 Å². The Hall–Kier alpha value is -3.90. The normalized spacial score (nSPS) is 10.9. The van der Waals surface area contributed by atoms with Gasteiger partial charge in [0.05, 0.1) is 11.3 Å². The van der Waals surface area contributed by atoms with Gasteiger partial charge in [-0.15, -0.1) is 0 Å². The van der Waals surface area contributed by atoms with Crippen molar-refractivity contribution in [3.63, 3.8) is 0 Å². The predicted molar refractivity (Wildman–Crippen MR) is 107 cm³/mol. The lowest BCUT2D eigenvalue weighted by atomic mass is 10.0. The van der Waals surface area contributed by atoms with Crippen LogP contribution in [-0.2, 0) is 0 Å². The van der Waals surface area contributed by atoms with Gasteiger partial charge < -0.3 is 4.42 Å². The first-order valence-electron chi connectivity index (χ1n) is 8.71. The highest BCUT2D eigenvalue weighted by molar-refractivity contribution is 6.10. The standard InChI is InChI=1S/C24H14N2O/c25-14-17-8-4-9-19-20-10-5-11-21(24(20)27-23(17)19)22-13-12-18(15-26-22)16-6-2-1-3-7-16/h1-13,15H. The van der Waals surface area contributed by atoms with Crippen molar-refractivity contribution in [3.8, 4) is 28.5 Å². The molecule has 0 N–H and O–H groups in total. The average molecular weight is 346 g/mol. The number of benzene rings is 3. The Bertz CT molecular complexity index is 1310. The summed E-state index contributed by atoms with van der Waals surface area (Å²) in [6.07, 6.45) is 1.88. The van der Waals surface area contributed by atoms with Crippen LogP contribution in [0.2, 0.25) is 0 Å². The van der Waals surface area contributed by atoms with Gasteiger partial charge in [-0.25, -0.2) is 0 Å². The summed E-state index contributed by atoms with van der Waals surface area (Å²) >= 11 is 0. The van der Waals surface area contributed by atoms with Crippen molar-refractivity contribution in [2.45, 2.75) is 0 Å². The highest BCUT2D eigenvalue weighted by Gasteiger charge is 2.15. The van der Waals surface area contributed by atoms with Crippen molar-refractivity contribution >= 4 is 21.9 Å². The smallest absolute Gasteiger partial charge is 0.153 e. The average Bonchev–Trinajstić information content (AvgIpc) is 3.13. The molecule has 0 fully saturated rings. The number of hydrogen-bond donors (Lipinski definition) is 0. The van der Waals surface area contributed by atoms with Crippen LogP contribution in [-0.4, -0.2) is 4.98 Å². The summed E-state index contributed by atoms with van der Waals surface area (Å²) in [7, 11) is 0. The maximum atomic E-state index is 9.36. The molecule has 5 rings (SSSR count). The van der Waals surface area contributed by atoms with E-state index < -0.39 is 0 Å². The number of hydrogen-bond acceptors (Lipinski definition) is 3. The molecule has 0 radical (unpaired) electrons. The summed E-state index contributed by atoms with van der Waals surface area (Å²) in [4.78, 5) is 4.66. The van der Waals surface area contributed by atoms with E-state index in [1.54, 1.807) is 6.07 Å². The molecule has 2 aromatic heterocycles. The molecule has 2 heterocycles. The van der Waals surface area contributed by atoms with Crippen molar-refractivity contribution in [2.75, 3.05) is 0 Å². The summed E-state index contributed by atoms with van der Waals surface area (Å²) in [6, 6.07) is 28.1. The first kappa shape index (κ1) is 15.4. The Morgan fingerprint density at radius 1 is 0.704 bits per heavy atom. The minimum Gasteiger partial charge on any atom is -0.454 e. The lowest BCUT2D eigenvalue weighted by molar-refractivity contribution is 0.668. The third-order valence-corrected chi connectivity index (χ3v) is 4.79. The zero-order chi connectivity index (χ0) is 18.2. The van der Waals surface area contributed by atoms with Crippen molar-refractivity contribution in [1.29, 1.82) is 5.26 Å². The second kappa shape index (κ2) is 6.12. The van der Waals surface area contributed by atoms with E-state index in [9.17, 15) is 5.26 Å². The maximum Gasteiger partial charge on any atom is 0.153 e. The van der Waals surface area contributed by atoms with Crippen molar-refractivity contribution in [3.05, 3.63) is 90.6 Å². The van der Waals surface area contributed by atoms with Gasteiger partial charge in [-0.05, 0) is 23.8 Å². The highest BCUT2D eigenvalue weighted by Crippen LogP contribution is 2.36. The zero-order valence-electron chi connectivity index (χ0n) is 14.4. The number of furan rings is 1. The summed E-state index contributed by atoms with van der Waals surface area (Å²) in [5.74, 6) is 0. The van der Waals surface area contributed by atoms with Gasteiger partial charge in [-0.1, -0.05) is 60.7 Å². The van der Waals surface area contributed by atoms with E-state index in [1.807, 2.05) is 60.8 Å². The molecular weight excluding hydrogens is 332 g/mol. The van der Waals surface area contributed by atoms with Gasteiger partial charge in [-0.3, -0.25) is 4.98 Å². The largest absolute Gasteiger partial charge is 0.454 e. The fourth-order valence-corrected chi connectivity index (χ4v) is 3.46. The fraction of sp³-hybridized carbons (Fsp3) is 0. The molecule has 27 heavy (non-hydrogen) atoms. The molecule has 0 atom stereocenters. The minimum atomic E-state index is 0.544. The molecule has 0 saturated heterocycles. The van der Waals surface area contributed by atoms with E-state index in [0.29, 0.717) is 11.1 Å². The van der Waals surface area contributed by atoms with Crippen LogP contribution < -0.4 is 0 Å². The predicted octanol–water partition coefficient (Wildman–Crippen LogP) is 6.19. The first-order valence-corrected chi connectivity index (χ1v) is 8.71. The molecule has 0 aliphatic rings. The Kier molecular flexibility index (Phi) is 3.48. The van der Waals surface area contributed by atoms with Gasteiger partial charge in [-0.2, -0.15) is 5.26 Å². The van der Waals surface area contributed by atoms with Crippen LogP contribution in [0.15, 0.2) is 89.5 Å². The molecule has 0 bridgehead atoms. The SMILES string of the molecule is N#Cc1cccc2c1oc1c(-c3ccc(-c4ccccc4)cn3)cccc12. The minimum absolute atomic E-state index is 0.544.